The number of hydrogen-bond acceptors (Lipinski definition) is 5. The Labute approximate surface area is 229 Å². The molecule has 0 aromatic heterocycles. The molecule has 0 saturated heterocycles. The number of aromatic carboxylic acids is 1. The zero-order chi connectivity index (χ0) is 27.8. The van der Waals surface area contributed by atoms with Gasteiger partial charge in [0, 0.05) is 0 Å². The molecule has 0 radical (unpaired) electrons. The number of carbonyl (C=O) groups is 1. The van der Waals surface area contributed by atoms with E-state index in [1.54, 1.807) is 60.7 Å². The predicted octanol–water partition coefficient (Wildman–Crippen LogP) is 7.57. The number of carboxylic acid groups (broad SMARTS) is 1. The summed E-state index contributed by atoms with van der Waals surface area (Å²) in [7, 11) is 0. The van der Waals surface area contributed by atoms with Crippen molar-refractivity contribution in [3.8, 4) is 33.8 Å². The zero-order valence-corrected chi connectivity index (χ0v) is 22.0. The van der Waals surface area contributed by atoms with Gasteiger partial charge >= 0.3 is 5.97 Å². The van der Waals surface area contributed by atoms with E-state index in [9.17, 15) is 9.90 Å². The average Bonchev–Trinajstić information content (AvgIpc) is 3.90. The van der Waals surface area contributed by atoms with Gasteiger partial charge in [-0.1, -0.05) is 80.4 Å². The highest BCUT2D eigenvalue weighted by Crippen LogP contribution is 2.42. The number of aromatic hydroxyl groups is 2. The molecule has 4 aromatic rings. The minimum atomic E-state index is -0.933. The standard InChI is InChI=1S/C16H17NO2.C13H10O3.C4H8/c17-19-16(14-5-6-14)13-3-1-11(2-4-13)12-7-9-15(18)10-8-12;14-12-7-5-10(6-8-12)9-1-3-11(4-2-9)13(15)16;1-4-2-3-4/h1-4,7-10,14,16,18H,5-6,17H2;1-8,14H,(H,15,16);4H,2-3H2,1H3. The van der Waals surface area contributed by atoms with Crippen LogP contribution >= 0.6 is 0 Å². The Morgan fingerprint density at radius 2 is 1.05 bits per heavy atom. The SMILES string of the molecule is CC1CC1.NOC(c1ccc(-c2ccc(O)cc2)cc1)C1CC1.O=C(O)c1ccc(-c2ccc(O)cc2)cc1. The van der Waals surface area contributed by atoms with Crippen molar-refractivity contribution in [2.45, 2.75) is 38.7 Å². The molecule has 1 atom stereocenters. The van der Waals surface area contributed by atoms with Crippen LogP contribution in [0, 0.1) is 11.8 Å². The normalized spacial score (nSPS) is 14.7. The summed E-state index contributed by atoms with van der Waals surface area (Å²) in [5.74, 6) is 6.60. The molecule has 0 aliphatic heterocycles. The monoisotopic (exact) mass is 525 g/mol. The first-order valence-electron chi connectivity index (χ1n) is 13.2. The summed E-state index contributed by atoms with van der Waals surface area (Å²) in [6, 6.07) is 28.8. The zero-order valence-electron chi connectivity index (χ0n) is 22.0. The van der Waals surface area contributed by atoms with E-state index in [0.29, 0.717) is 5.92 Å². The van der Waals surface area contributed by atoms with Gasteiger partial charge in [0.2, 0.25) is 0 Å². The van der Waals surface area contributed by atoms with Crippen molar-refractivity contribution in [2.75, 3.05) is 0 Å². The Morgan fingerprint density at radius 1 is 0.692 bits per heavy atom. The molecule has 2 aliphatic rings. The van der Waals surface area contributed by atoms with E-state index in [0.717, 1.165) is 33.7 Å². The molecule has 2 saturated carbocycles. The molecule has 39 heavy (non-hydrogen) atoms. The molecule has 2 fully saturated rings. The van der Waals surface area contributed by atoms with Gasteiger partial charge in [0.15, 0.2) is 0 Å². The molecule has 1 unspecified atom stereocenters. The Kier molecular flexibility index (Phi) is 9.36. The van der Waals surface area contributed by atoms with Gasteiger partial charge in [-0.25, -0.2) is 10.7 Å². The Hall–Kier alpha value is -4.13. The lowest BCUT2D eigenvalue weighted by Crippen LogP contribution is -2.11. The first-order valence-corrected chi connectivity index (χ1v) is 13.2. The Balaban J connectivity index is 0.000000160. The van der Waals surface area contributed by atoms with Gasteiger partial charge in [0.1, 0.15) is 17.6 Å². The lowest BCUT2D eigenvalue weighted by atomic mass is 10.00. The molecule has 0 bridgehead atoms. The average molecular weight is 526 g/mol. The molecule has 0 amide bonds. The highest BCUT2D eigenvalue weighted by atomic mass is 16.6. The van der Waals surface area contributed by atoms with E-state index < -0.39 is 5.97 Å². The molecule has 4 aromatic carbocycles. The number of nitrogens with two attached hydrogens (primary N) is 1. The number of rotatable bonds is 6. The number of phenolic OH excluding ortho intramolecular Hbond substituents is 2. The molecule has 6 nitrogen and oxygen atoms in total. The van der Waals surface area contributed by atoms with E-state index in [1.165, 1.54) is 25.7 Å². The van der Waals surface area contributed by atoms with Crippen LogP contribution < -0.4 is 5.90 Å². The van der Waals surface area contributed by atoms with Crippen molar-refractivity contribution in [3.63, 3.8) is 0 Å². The van der Waals surface area contributed by atoms with Crippen molar-refractivity contribution in [3.05, 3.63) is 108 Å². The van der Waals surface area contributed by atoms with Crippen LogP contribution in [0.25, 0.3) is 22.3 Å². The highest BCUT2D eigenvalue weighted by Gasteiger charge is 2.32. The predicted molar refractivity (Wildman–Crippen MR) is 153 cm³/mol. The van der Waals surface area contributed by atoms with Crippen molar-refractivity contribution < 1.29 is 25.0 Å². The van der Waals surface area contributed by atoms with Gasteiger partial charge < -0.3 is 15.3 Å². The lowest BCUT2D eigenvalue weighted by molar-refractivity contribution is 0.0368. The largest absolute Gasteiger partial charge is 0.508 e. The number of carboxylic acids is 1. The smallest absolute Gasteiger partial charge is 0.335 e. The van der Waals surface area contributed by atoms with Gasteiger partial charge in [0.05, 0.1) is 5.56 Å². The summed E-state index contributed by atoms with van der Waals surface area (Å²) in [4.78, 5) is 15.7. The van der Waals surface area contributed by atoms with Crippen LogP contribution in [-0.2, 0) is 4.84 Å². The molecule has 5 N–H and O–H groups in total. The molecule has 202 valence electrons. The summed E-state index contributed by atoms with van der Waals surface area (Å²) in [5, 5.41) is 27.2. The fourth-order valence-corrected chi connectivity index (χ4v) is 4.01. The molecule has 0 spiro atoms. The summed E-state index contributed by atoms with van der Waals surface area (Å²) in [5.41, 5.74) is 5.46. The minimum absolute atomic E-state index is 0.0221. The molecule has 0 heterocycles. The quantitative estimate of drug-likeness (QED) is 0.193. The third kappa shape index (κ3) is 8.43. The van der Waals surface area contributed by atoms with E-state index in [1.807, 2.05) is 12.1 Å². The van der Waals surface area contributed by atoms with Crippen molar-refractivity contribution in [1.29, 1.82) is 0 Å². The third-order valence-corrected chi connectivity index (χ3v) is 6.84. The molecule has 2 aliphatic carbocycles. The summed E-state index contributed by atoms with van der Waals surface area (Å²) >= 11 is 0. The van der Waals surface area contributed by atoms with E-state index in [4.69, 9.17) is 20.9 Å². The summed E-state index contributed by atoms with van der Waals surface area (Å²) < 4.78 is 0. The van der Waals surface area contributed by atoms with E-state index in [-0.39, 0.29) is 23.2 Å². The molecular weight excluding hydrogens is 490 g/mol. The van der Waals surface area contributed by atoms with Gasteiger partial charge in [-0.2, -0.15) is 0 Å². The second-order valence-electron chi connectivity index (χ2n) is 10.2. The van der Waals surface area contributed by atoms with Crippen molar-refractivity contribution in [1.82, 2.24) is 0 Å². The lowest BCUT2D eigenvalue weighted by Gasteiger charge is -2.14. The highest BCUT2D eigenvalue weighted by molar-refractivity contribution is 5.88. The van der Waals surface area contributed by atoms with E-state index in [2.05, 4.69) is 31.2 Å². The Bertz CT molecular complexity index is 1330. The number of phenols is 2. The van der Waals surface area contributed by atoms with Crippen LogP contribution in [0.15, 0.2) is 97.1 Å². The third-order valence-electron chi connectivity index (χ3n) is 6.84. The molecule has 6 rings (SSSR count). The topological polar surface area (TPSA) is 113 Å². The molecule has 6 heteroatoms. The van der Waals surface area contributed by atoms with Crippen molar-refractivity contribution >= 4 is 5.97 Å². The van der Waals surface area contributed by atoms with Crippen LogP contribution in [0.3, 0.4) is 0 Å². The van der Waals surface area contributed by atoms with Crippen LogP contribution in [0.1, 0.15) is 54.6 Å². The first-order chi connectivity index (χ1) is 18.8. The van der Waals surface area contributed by atoms with Crippen LogP contribution in [0.2, 0.25) is 0 Å². The second kappa shape index (κ2) is 13.1. The summed E-state index contributed by atoms with van der Waals surface area (Å²) in [6.07, 6.45) is 5.39. The summed E-state index contributed by atoms with van der Waals surface area (Å²) in [6.45, 7) is 2.28. The Morgan fingerprint density at radius 3 is 1.36 bits per heavy atom. The fraction of sp³-hybridized carbons (Fsp3) is 0.242. The van der Waals surface area contributed by atoms with Crippen LogP contribution in [0.4, 0.5) is 0 Å². The van der Waals surface area contributed by atoms with Gasteiger partial charge in [-0.3, -0.25) is 4.84 Å². The minimum Gasteiger partial charge on any atom is -0.508 e. The van der Waals surface area contributed by atoms with Gasteiger partial charge in [-0.05, 0) is 88.9 Å². The fourth-order valence-electron chi connectivity index (χ4n) is 4.01. The van der Waals surface area contributed by atoms with Crippen molar-refractivity contribution in [2.24, 2.45) is 17.7 Å². The van der Waals surface area contributed by atoms with Gasteiger partial charge in [-0.15, -0.1) is 0 Å². The second-order valence-corrected chi connectivity index (χ2v) is 10.2. The van der Waals surface area contributed by atoms with Crippen LogP contribution in [-0.4, -0.2) is 21.3 Å². The molecular formula is C33H35NO5. The maximum absolute atomic E-state index is 10.7. The maximum Gasteiger partial charge on any atom is 0.335 e. The first kappa shape index (κ1) is 27.9. The van der Waals surface area contributed by atoms with E-state index >= 15 is 0 Å². The van der Waals surface area contributed by atoms with Gasteiger partial charge in [0.25, 0.3) is 0 Å². The maximum atomic E-state index is 10.7. The number of benzene rings is 4. The van der Waals surface area contributed by atoms with Crippen LogP contribution in [0.5, 0.6) is 11.5 Å². The number of hydrogen-bond donors (Lipinski definition) is 4.